The molecule has 0 aliphatic rings. The van der Waals surface area contributed by atoms with Crippen LogP contribution in [0.3, 0.4) is 0 Å². The molecular formula is C7H6F4N2. The van der Waals surface area contributed by atoms with Crippen LogP contribution >= 0.6 is 0 Å². The second kappa shape index (κ2) is 3.69. The Morgan fingerprint density at radius 3 is 2.46 bits per heavy atom. The van der Waals surface area contributed by atoms with Crippen molar-refractivity contribution in [3.63, 3.8) is 0 Å². The molecule has 0 aliphatic heterocycles. The van der Waals surface area contributed by atoms with E-state index in [-0.39, 0.29) is 12.1 Å². The Morgan fingerprint density at radius 2 is 2.00 bits per heavy atom. The first-order valence-electron chi connectivity index (χ1n) is 3.39. The molecule has 0 spiro atoms. The van der Waals surface area contributed by atoms with E-state index in [1.54, 1.807) is 0 Å². The van der Waals surface area contributed by atoms with E-state index in [4.69, 9.17) is 5.73 Å². The quantitative estimate of drug-likeness (QED) is 0.575. The fourth-order valence-electron chi connectivity index (χ4n) is 0.852. The molecular weight excluding hydrogens is 188 g/mol. The second-order valence-corrected chi connectivity index (χ2v) is 2.31. The molecule has 6 heteroatoms. The Morgan fingerprint density at radius 1 is 1.38 bits per heavy atom. The molecule has 0 radical (unpaired) electrons. The molecule has 0 atom stereocenters. The highest BCUT2D eigenvalue weighted by atomic mass is 19.3. The maximum atomic E-state index is 12.9. The van der Waals surface area contributed by atoms with Crippen LogP contribution in [0, 0.1) is 11.8 Å². The molecule has 0 saturated carbocycles. The number of nitrogens with two attached hydrogens (primary N) is 1. The summed E-state index contributed by atoms with van der Waals surface area (Å²) in [7, 11) is 0. The molecule has 13 heavy (non-hydrogen) atoms. The number of alkyl halides is 2. The molecule has 0 aliphatic carbocycles. The number of pyridine rings is 1. The summed E-state index contributed by atoms with van der Waals surface area (Å²) in [5, 5.41) is 0. The summed E-state index contributed by atoms with van der Waals surface area (Å²) in [5.74, 6) is -2.81. The molecule has 1 aromatic rings. The maximum Gasteiger partial charge on any atom is 0.271 e. The van der Waals surface area contributed by atoms with Crippen LogP contribution in [0.15, 0.2) is 6.20 Å². The molecule has 1 rings (SSSR count). The van der Waals surface area contributed by atoms with E-state index in [9.17, 15) is 17.6 Å². The third-order valence-electron chi connectivity index (χ3n) is 1.51. The van der Waals surface area contributed by atoms with Crippen molar-refractivity contribution in [2.24, 2.45) is 5.73 Å². The maximum absolute atomic E-state index is 12.9. The second-order valence-electron chi connectivity index (χ2n) is 2.31. The highest BCUT2D eigenvalue weighted by molar-refractivity contribution is 5.23. The molecule has 0 bridgehead atoms. The fraction of sp³-hybridized carbons (Fsp3) is 0.286. The normalized spacial score (nSPS) is 10.9. The van der Waals surface area contributed by atoms with Gasteiger partial charge >= 0.3 is 0 Å². The zero-order valence-electron chi connectivity index (χ0n) is 6.40. The van der Waals surface area contributed by atoms with E-state index in [1.165, 1.54) is 0 Å². The summed E-state index contributed by atoms with van der Waals surface area (Å²) in [4.78, 5) is 2.97. The lowest BCUT2D eigenvalue weighted by Crippen LogP contribution is -2.07. The molecule has 0 fully saturated rings. The van der Waals surface area contributed by atoms with Crippen molar-refractivity contribution in [1.82, 2.24) is 4.98 Å². The molecule has 1 aromatic heterocycles. The number of hydrogen-bond donors (Lipinski definition) is 1. The predicted molar refractivity (Wildman–Crippen MR) is 37.0 cm³/mol. The van der Waals surface area contributed by atoms with Crippen molar-refractivity contribution in [1.29, 1.82) is 0 Å². The van der Waals surface area contributed by atoms with Crippen molar-refractivity contribution >= 4 is 0 Å². The lowest BCUT2D eigenvalue weighted by Gasteiger charge is -2.05. The van der Waals surface area contributed by atoms with Gasteiger partial charge in [-0.05, 0) is 0 Å². The number of rotatable bonds is 2. The molecule has 0 amide bonds. The fourth-order valence-corrected chi connectivity index (χ4v) is 0.852. The van der Waals surface area contributed by atoms with Crippen LogP contribution in [0.25, 0.3) is 0 Å². The Labute approximate surface area is 71.4 Å². The van der Waals surface area contributed by atoms with Crippen molar-refractivity contribution in [3.05, 3.63) is 29.1 Å². The lowest BCUT2D eigenvalue weighted by molar-refractivity contribution is 0.139. The summed E-state index contributed by atoms with van der Waals surface area (Å²) >= 11 is 0. The topological polar surface area (TPSA) is 38.9 Å². The minimum atomic E-state index is -3.22. The van der Waals surface area contributed by atoms with Gasteiger partial charge in [0.1, 0.15) is 11.4 Å². The summed E-state index contributed by atoms with van der Waals surface area (Å²) in [5.41, 5.74) is 3.48. The zero-order valence-corrected chi connectivity index (χ0v) is 6.40. The highest BCUT2D eigenvalue weighted by Gasteiger charge is 2.22. The predicted octanol–water partition coefficient (Wildman–Crippen LogP) is 1.76. The van der Waals surface area contributed by atoms with Gasteiger partial charge in [-0.2, -0.15) is 4.39 Å². The SMILES string of the molecule is NCc1cnc(F)c(C(F)F)c1F. The smallest absolute Gasteiger partial charge is 0.271 e. The van der Waals surface area contributed by atoms with Crippen LogP contribution in [0.4, 0.5) is 17.6 Å². The Kier molecular flexibility index (Phi) is 2.82. The Bertz CT molecular complexity index is 314. The molecule has 0 aromatic carbocycles. The van der Waals surface area contributed by atoms with Gasteiger partial charge in [0.05, 0.1) is 0 Å². The van der Waals surface area contributed by atoms with Gasteiger partial charge in [0, 0.05) is 18.3 Å². The van der Waals surface area contributed by atoms with E-state index in [0.29, 0.717) is 0 Å². The number of aromatic nitrogens is 1. The van der Waals surface area contributed by atoms with E-state index >= 15 is 0 Å². The van der Waals surface area contributed by atoms with Gasteiger partial charge in [0.2, 0.25) is 5.95 Å². The number of nitrogens with zero attached hydrogens (tertiary/aromatic N) is 1. The molecule has 2 N–H and O–H groups in total. The number of hydrogen-bond acceptors (Lipinski definition) is 2. The van der Waals surface area contributed by atoms with Crippen LogP contribution in [0.5, 0.6) is 0 Å². The lowest BCUT2D eigenvalue weighted by atomic mass is 10.2. The monoisotopic (exact) mass is 194 g/mol. The Balaban J connectivity index is 3.30. The summed E-state index contributed by atoms with van der Waals surface area (Å²) < 4.78 is 49.6. The van der Waals surface area contributed by atoms with Crippen LogP contribution < -0.4 is 5.73 Å². The summed E-state index contributed by atoms with van der Waals surface area (Å²) in [6, 6.07) is 0. The van der Waals surface area contributed by atoms with Crippen molar-refractivity contribution in [2.75, 3.05) is 0 Å². The first-order chi connectivity index (χ1) is 6.07. The standard InChI is InChI=1S/C7H6F4N2/c8-5-3(1-12)2-13-7(11)4(5)6(9)10/h2,6H,1,12H2. The molecule has 2 nitrogen and oxygen atoms in total. The van der Waals surface area contributed by atoms with Crippen LogP contribution in [-0.2, 0) is 6.54 Å². The minimum Gasteiger partial charge on any atom is -0.326 e. The largest absolute Gasteiger partial charge is 0.326 e. The van der Waals surface area contributed by atoms with Gasteiger partial charge in [-0.15, -0.1) is 0 Å². The van der Waals surface area contributed by atoms with Crippen LogP contribution in [0.2, 0.25) is 0 Å². The van der Waals surface area contributed by atoms with Gasteiger partial charge < -0.3 is 5.73 Å². The van der Waals surface area contributed by atoms with Crippen LogP contribution in [-0.4, -0.2) is 4.98 Å². The van der Waals surface area contributed by atoms with Gasteiger partial charge in [-0.25, -0.2) is 18.2 Å². The van der Waals surface area contributed by atoms with Gasteiger partial charge in [0.15, 0.2) is 0 Å². The third-order valence-corrected chi connectivity index (χ3v) is 1.51. The van der Waals surface area contributed by atoms with E-state index in [1.807, 2.05) is 0 Å². The molecule has 0 saturated heterocycles. The van der Waals surface area contributed by atoms with Gasteiger partial charge in [0.25, 0.3) is 6.43 Å². The van der Waals surface area contributed by atoms with E-state index in [0.717, 1.165) is 6.20 Å². The van der Waals surface area contributed by atoms with Crippen molar-refractivity contribution < 1.29 is 17.6 Å². The highest BCUT2D eigenvalue weighted by Crippen LogP contribution is 2.25. The third kappa shape index (κ3) is 1.77. The number of halogens is 4. The zero-order chi connectivity index (χ0) is 10.0. The van der Waals surface area contributed by atoms with E-state index in [2.05, 4.69) is 4.98 Å². The summed E-state index contributed by atoms with van der Waals surface area (Å²) in [6.45, 7) is -0.293. The van der Waals surface area contributed by atoms with Gasteiger partial charge in [-0.1, -0.05) is 0 Å². The first kappa shape index (κ1) is 9.91. The average Bonchev–Trinajstić information content (AvgIpc) is 2.04. The van der Waals surface area contributed by atoms with Crippen molar-refractivity contribution in [3.8, 4) is 0 Å². The molecule has 0 unspecified atom stereocenters. The minimum absolute atomic E-state index is 0.225. The molecule has 72 valence electrons. The van der Waals surface area contributed by atoms with Gasteiger partial charge in [-0.3, -0.25) is 0 Å². The van der Waals surface area contributed by atoms with Crippen LogP contribution in [0.1, 0.15) is 17.6 Å². The Hall–Kier alpha value is -1.17. The van der Waals surface area contributed by atoms with E-state index < -0.39 is 23.8 Å². The first-order valence-corrected chi connectivity index (χ1v) is 3.39. The average molecular weight is 194 g/mol. The van der Waals surface area contributed by atoms with Crippen molar-refractivity contribution in [2.45, 2.75) is 13.0 Å². The summed E-state index contributed by atoms with van der Waals surface area (Å²) in [6.07, 6.45) is -2.42. The molecule has 1 heterocycles.